The number of alkyl halides is 4. The van der Waals surface area contributed by atoms with Crippen LogP contribution in [0, 0.1) is 23.7 Å². The van der Waals surface area contributed by atoms with Gasteiger partial charge < -0.3 is 0 Å². The first-order valence-corrected chi connectivity index (χ1v) is 11.5. The standard InChI is InChI=1S/C20H15Cl6NO2/c21-14-15(22)19(24)13-7-11-10(6-12(13)18(14,23)20(19,25)26)16(28)27(17(11)29)8-9-4-2-1-3-5-9/h1-5,10-13H,6-8H2/t10-,11+,12-,13-,18+,19+/m1/s1. The minimum Gasteiger partial charge on any atom is -0.278 e. The van der Waals surface area contributed by atoms with E-state index < -0.39 is 25.9 Å². The van der Waals surface area contributed by atoms with Crippen molar-refractivity contribution < 1.29 is 9.59 Å². The molecule has 3 fully saturated rings. The Morgan fingerprint density at radius 3 is 1.72 bits per heavy atom. The Labute approximate surface area is 198 Å². The number of allylic oxidation sites excluding steroid dienone is 2. The maximum absolute atomic E-state index is 13.1. The molecule has 0 aromatic heterocycles. The van der Waals surface area contributed by atoms with Crippen molar-refractivity contribution in [2.24, 2.45) is 23.7 Å². The second-order valence-corrected chi connectivity index (χ2v) is 11.5. The van der Waals surface area contributed by atoms with Crippen molar-refractivity contribution >= 4 is 81.4 Å². The third kappa shape index (κ3) is 2.30. The fourth-order valence-corrected chi connectivity index (χ4v) is 8.82. The summed E-state index contributed by atoms with van der Waals surface area (Å²) in [6.45, 7) is 0.244. The van der Waals surface area contributed by atoms with E-state index in [1.165, 1.54) is 4.90 Å². The van der Waals surface area contributed by atoms with Gasteiger partial charge in [-0.15, -0.1) is 23.2 Å². The van der Waals surface area contributed by atoms with Gasteiger partial charge in [-0.1, -0.05) is 76.7 Å². The highest BCUT2D eigenvalue weighted by molar-refractivity contribution is 6.65. The molecule has 0 spiro atoms. The van der Waals surface area contributed by atoms with Crippen LogP contribution in [0.4, 0.5) is 0 Å². The molecule has 2 bridgehead atoms. The summed E-state index contributed by atoms with van der Waals surface area (Å²) in [7, 11) is 0. The number of amides is 2. The van der Waals surface area contributed by atoms with Crippen LogP contribution in [0.15, 0.2) is 40.4 Å². The summed E-state index contributed by atoms with van der Waals surface area (Å²) >= 11 is 40.0. The minimum absolute atomic E-state index is 0.137. The molecule has 154 valence electrons. The van der Waals surface area contributed by atoms with E-state index in [-0.39, 0.29) is 40.3 Å². The monoisotopic (exact) mass is 511 g/mol. The molecule has 3 nitrogen and oxygen atoms in total. The van der Waals surface area contributed by atoms with Crippen molar-refractivity contribution in [2.45, 2.75) is 33.5 Å². The smallest absolute Gasteiger partial charge is 0.233 e. The van der Waals surface area contributed by atoms with Gasteiger partial charge in [0.25, 0.3) is 0 Å². The lowest BCUT2D eigenvalue weighted by Crippen LogP contribution is -2.44. The lowest BCUT2D eigenvalue weighted by Gasteiger charge is -2.42. The zero-order chi connectivity index (χ0) is 20.9. The van der Waals surface area contributed by atoms with Crippen LogP contribution in [-0.2, 0) is 16.1 Å². The van der Waals surface area contributed by atoms with Crippen molar-refractivity contribution in [3.8, 4) is 0 Å². The van der Waals surface area contributed by atoms with E-state index in [1.807, 2.05) is 30.3 Å². The molecule has 5 rings (SSSR count). The number of nitrogens with zero attached hydrogens (tertiary/aromatic N) is 1. The average Bonchev–Trinajstić information content (AvgIpc) is 3.05. The molecule has 4 aliphatic rings. The molecule has 1 saturated heterocycles. The second-order valence-electron chi connectivity index (χ2n) is 8.27. The van der Waals surface area contributed by atoms with Gasteiger partial charge in [0, 0.05) is 0 Å². The summed E-state index contributed by atoms with van der Waals surface area (Å²) in [5.41, 5.74) is 0.893. The molecule has 0 N–H and O–H groups in total. The summed E-state index contributed by atoms with van der Waals surface area (Å²) in [4.78, 5) is 24.8. The first-order valence-electron chi connectivity index (χ1n) is 9.27. The Balaban J connectivity index is 1.50. The molecule has 0 unspecified atom stereocenters. The van der Waals surface area contributed by atoms with Gasteiger partial charge in [0.2, 0.25) is 11.8 Å². The Kier molecular flexibility index (Phi) is 4.60. The van der Waals surface area contributed by atoms with E-state index in [1.54, 1.807) is 0 Å². The summed E-state index contributed by atoms with van der Waals surface area (Å²) in [5, 5.41) is 0.275. The summed E-state index contributed by atoms with van der Waals surface area (Å²) < 4.78 is -1.64. The number of imide groups is 1. The van der Waals surface area contributed by atoms with E-state index in [9.17, 15) is 9.59 Å². The summed E-state index contributed by atoms with van der Waals surface area (Å²) in [6.07, 6.45) is 0.676. The van der Waals surface area contributed by atoms with Crippen LogP contribution >= 0.6 is 69.6 Å². The number of hydrogen-bond acceptors (Lipinski definition) is 2. The molecule has 3 aliphatic carbocycles. The van der Waals surface area contributed by atoms with Gasteiger partial charge in [-0.2, -0.15) is 0 Å². The molecule has 6 atom stereocenters. The van der Waals surface area contributed by atoms with E-state index in [0.717, 1.165) is 5.56 Å². The predicted octanol–water partition coefficient (Wildman–Crippen LogP) is 5.66. The van der Waals surface area contributed by atoms with Gasteiger partial charge in [0.1, 0.15) is 9.75 Å². The van der Waals surface area contributed by atoms with Gasteiger partial charge in [-0.3, -0.25) is 14.5 Å². The zero-order valence-corrected chi connectivity index (χ0v) is 19.4. The highest BCUT2D eigenvalue weighted by atomic mass is 35.5. The molecule has 1 aromatic carbocycles. The Morgan fingerprint density at radius 2 is 1.28 bits per heavy atom. The number of halogens is 6. The van der Waals surface area contributed by atoms with Crippen LogP contribution in [-0.4, -0.2) is 30.8 Å². The van der Waals surface area contributed by atoms with E-state index in [2.05, 4.69) is 0 Å². The maximum atomic E-state index is 13.1. The fourth-order valence-electron chi connectivity index (χ4n) is 5.71. The van der Waals surface area contributed by atoms with Gasteiger partial charge >= 0.3 is 0 Å². The topological polar surface area (TPSA) is 37.4 Å². The van der Waals surface area contributed by atoms with Crippen LogP contribution in [0.2, 0.25) is 0 Å². The van der Waals surface area contributed by atoms with Crippen LogP contribution in [0.5, 0.6) is 0 Å². The first-order chi connectivity index (χ1) is 13.6. The Morgan fingerprint density at radius 1 is 0.828 bits per heavy atom. The van der Waals surface area contributed by atoms with E-state index in [0.29, 0.717) is 12.8 Å². The van der Waals surface area contributed by atoms with Gasteiger partial charge in [0.15, 0.2) is 4.33 Å². The molecule has 1 heterocycles. The van der Waals surface area contributed by atoms with Crippen molar-refractivity contribution in [1.82, 2.24) is 4.90 Å². The molecule has 29 heavy (non-hydrogen) atoms. The molecule has 1 aromatic rings. The summed E-state index contributed by atoms with van der Waals surface area (Å²) in [5.74, 6) is -2.10. The van der Waals surface area contributed by atoms with E-state index >= 15 is 0 Å². The number of hydrogen-bond donors (Lipinski definition) is 0. The average molecular weight is 514 g/mol. The molecule has 2 saturated carbocycles. The first kappa shape index (κ1) is 20.7. The predicted molar refractivity (Wildman–Crippen MR) is 116 cm³/mol. The minimum atomic E-state index is -1.64. The lowest BCUT2D eigenvalue weighted by molar-refractivity contribution is -0.140. The number of benzene rings is 1. The van der Waals surface area contributed by atoms with Crippen molar-refractivity contribution in [3.63, 3.8) is 0 Å². The highest BCUT2D eigenvalue weighted by Crippen LogP contribution is 2.79. The number of fused-ring (bicyclic) bond motifs is 6. The zero-order valence-electron chi connectivity index (χ0n) is 14.8. The van der Waals surface area contributed by atoms with E-state index in [4.69, 9.17) is 69.6 Å². The number of likely N-dealkylation sites (tertiary alicyclic amines) is 1. The number of rotatable bonds is 2. The number of carbonyl (C=O) groups excluding carboxylic acids is 2. The van der Waals surface area contributed by atoms with Gasteiger partial charge in [-0.05, 0) is 30.2 Å². The SMILES string of the molecule is O=C1[C@H]2C[C@@H]3[C@@H](C[C@H]2C(=O)N1Cc1ccccc1)[C@]1(Cl)C(Cl)=C(Cl)[C@]3(Cl)C1(Cl)Cl. The second kappa shape index (κ2) is 6.43. The molecular formula is C20H15Cl6NO2. The molecule has 2 amide bonds. The third-order valence-corrected chi connectivity index (χ3v) is 11.5. The van der Waals surface area contributed by atoms with Crippen molar-refractivity contribution in [2.75, 3.05) is 0 Å². The van der Waals surface area contributed by atoms with Crippen LogP contribution in [0.3, 0.4) is 0 Å². The maximum Gasteiger partial charge on any atom is 0.233 e. The fraction of sp³-hybridized carbons (Fsp3) is 0.500. The molecule has 9 heteroatoms. The van der Waals surface area contributed by atoms with Crippen molar-refractivity contribution in [3.05, 3.63) is 46.0 Å². The van der Waals surface area contributed by atoms with Gasteiger partial charge in [0.05, 0.1) is 28.4 Å². The van der Waals surface area contributed by atoms with Crippen LogP contribution < -0.4 is 0 Å². The molecule has 1 aliphatic heterocycles. The van der Waals surface area contributed by atoms with Gasteiger partial charge in [-0.25, -0.2) is 0 Å². The molecule has 0 radical (unpaired) electrons. The third-order valence-electron chi connectivity index (χ3n) is 7.10. The Bertz CT molecular complexity index is 911. The highest BCUT2D eigenvalue weighted by Gasteiger charge is 2.83. The molecular weight excluding hydrogens is 499 g/mol. The largest absolute Gasteiger partial charge is 0.278 e. The summed E-state index contributed by atoms with van der Waals surface area (Å²) in [6, 6.07) is 9.41. The van der Waals surface area contributed by atoms with Crippen LogP contribution in [0.1, 0.15) is 18.4 Å². The Hall–Kier alpha value is -0.160. The normalized spacial score (nSPS) is 42.5. The lowest BCUT2D eigenvalue weighted by atomic mass is 9.65. The number of carbonyl (C=O) groups is 2. The van der Waals surface area contributed by atoms with Crippen molar-refractivity contribution in [1.29, 1.82) is 0 Å². The quantitative estimate of drug-likeness (QED) is 0.378. The van der Waals surface area contributed by atoms with Crippen LogP contribution in [0.25, 0.3) is 0 Å².